The molecule has 0 saturated heterocycles. The fraction of sp³-hybridized carbons (Fsp3) is 0.700. The Kier molecular flexibility index (Phi) is 1.80. The molecule has 0 radical (unpaired) electrons. The zero-order valence-electron chi connectivity index (χ0n) is 7.23. The summed E-state index contributed by atoms with van der Waals surface area (Å²) < 4.78 is 0. The minimum absolute atomic E-state index is 0.0341. The van der Waals surface area contributed by atoms with Crippen LogP contribution in [0.25, 0.3) is 0 Å². The Labute approximate surface area is 72.3 Å². The van der Waals surface area contributed by atoms with Crippen molar-refractivity contribution in [3.8, 4) is 0 Å². The molecule has 0 heterocycles. The molecule has 12 heavy (non-hydrogen) atoms. The molecule has 2 heteroatoms. The third kappa shape index (κ3) is 1.11. The first-order valence-corrected chi connectivity index (χ1v) is 4.58. The first-order chi connectivity index (χ1) is 5.68. The lowest BCUT2D eigenvalue weighted by Crippen LogP contribution is -2.28. The van der Waals surface area contributed by atoms with Gasteiger partial charge in [0.05, 0.1) is 0 Å². The van der Waals surface area contributed by atoms with Crippen molar-refractivity contribution in [1.82, 2.24) is 0 Å². The molecule has 1 N–H and O–H groups in total. The first-order valence-electron chi connectivity index (χ1n) is 4.58. The van der Waals surface area contributed by atoms with E-state index in [1.165, 1.54) is 0 Å². The van der Waals surface area contributed by atoms with Crippen LogP contribution in [0.5, 0.6) is 0 Å². The van der Waals surface area contributed by atoms with Crippen molar-refractivity contribution in [3.63, 3.8) is 0 Å². The van der Waals surface area contributed by atoms with Crippen LogP contribution in [0.3, 0.4) is 0 Å². The van der Waals surface area contributed by atoms with E-state index < -0.39 is 6.10 Å². The lowest BCUT2D eigenvalue weighted by atomic mass is 9.88. The second-order valence-electron chi connectivity index (χ2n) is 3.97. The fourth-order valence-corrected chi connectivity index (χ4v) is 2.42. The predicted molar refractivity (Wildman–Crippen MR) is 45.5 cm³/mol. The molecule has 1 saturated carbocycles. The van der Waals surface area contributed by atoms with Gasteiger partial charge in [0.25, 0.3) is 0 Å². The molecule has 0 aromatic heterocycles. The van der Waals surface area contributed by atoms with Crippen LogP contribution < -0.4 is 0 Å². The standard InChI is InChI=1S/C10H14O2/c1-6(11)10(12)9-5-7-2-3-8(9)4-7/h2-3,6-9,11H,4-5H2,1H3/t6-,7?,8?,9?/m0/s1. The number of carbonyl (C=O) groups excluding carboxylic acids is 1. The highest BCUT2D eigenvalue weighted by Crippen LogP contribution is 2.44. The molecule has 4 atom stereocenters. The number of carbonyl (C=O) groups is 1. The van der Waals surface area contributed by atoms with Gasteiger partial charge in [-0.15, -0.1) is 0 Å². The smallest absolute Gasteiger partial charge is 0.164 e. The van der Waals surface area contributed by atoms with Crippen molar-refractivity contribution in [1.29, 1.82) is 0 Å². The summed E-state index contributed by atoms with van der Waals surface area (Å²) in [7, 11) is 0. The lowest BCUT2D eigenvalue weighted by molar-refractivity contribution is -0.131. The summed E-state index contributed by atoms with van der Waals surface area (Å²) in [5.41, 5.74) is 0. The van der Waals surface area contributed by atoms with Crippen molar-refractivity contribution in [2.24, 2.45) is 17.8 Å². The van der Waals surface area contributed by atoms with Gasteiger partial charge in [0.1, 0.15) is 6.10 Å². The maximum Gasteiger partial charge on any atom is 0.164 e. The van der Waals surface area contributed by atoms with Gasteiger partial charge in [-0.05, 0) is 31.6 Å². The van der Waals surface area contributed by atoms with Crippen LogP contribution in [0.4, 0.5) is 0 Å². The van der Waals surface area contributed by atoms with E-state index >= 15 is 0 Å². The van der Waals surface area contributed by atoms with Gasteiger partial charge >= 0.3 is 0 Å². The van der Waals surface area contributed by atoms with Gasteiger partial charge in [-0.1, -0.05) is 12.2 Å². The van der Waals surface area contributed by atoms with Gasteiger partial charge in [-0.25, -0.2) is 0 Å². The van der Waals surface area contributed by atoms with Crippen LogP contribution in [0.1, 0.15) is 19.8 Å². The number of aliphatic hydroxyl groups is 1. The molecule has 0 aromatic carbocycles. The van der Waals surface area contributed by atoms with Crippen LogP contribution in [0.2, 0.25) is 0 Å². The van der Waals surface area contributed by atoms with Gasteiger partial charge in [0.15, 0.2) is 5.78 Å². The van der Waals surface area contributed by atoms with Gasteiger partial charge in [0, 0.05) is 5.92 Å². The third-order valence-corrected chi connectivity index (χ3v) is 3.06. The summed E-state index contributed by atoms with van der Waals surface area (Å²) in [6, 6.07) is 0. The molecule has 0 aromatic rings. The summed E-state index contributed by atoms with van der Waals surface area (Å²) in [5.74, 6) is 1.19. The monoisotopic (exact) mass is 166 g/mol. The first kappa shape index (κ1) is 7.99. The van der Waals surface area contributed by atoms with Crippen LogP contribution in [-0.4, -0.2) is 17.0 Å². The molecular formula is C10H14O2. The fourth-order valence-electron chi connectivity index (χ4n) is 2.42. The molecule has 2 aliphatic rings. The van der Waals surface area contributed by atoms with Crippen molar-refractivity contribution < 1.29 is 9.90 Å². The number of Topliss-reactive ketones (excluding diaryl/α,β-unsaturated/α-hetero) is 1. The summed E-state index contributed by atoms with van der Waals surface area (Å²) in [4.78, 5) is 11.5. The Hall–Kier alpha value is -0.630. The number of aliphatic hydroxyl groups excluding tert-OH is 1. The summed E-state index contributed by atoms with van der Waals surface area (Å²) in [5, 5.41) is 9.14. The van der Waals surface area contributed by atoms with Crippen molar-refractivity contribution in [2.75, 3.05) is 0 Å². The molecule has 0 amide bonds. The molecule has 2 aliphatic carbocycles. The molecule has 1 fully saturated rings. The topological polar surface area (TPSA) is 37.3 Å². The average molecular weight is 166 g/mol. The Morgan fingerprint density at radius 3 is 2.67 bits per heavy atom. The Balaban J connectivity index is 2.08. The van der Waals surface area contributed by atoms with E-state index in [9.17, 15) is 4.79 Å². The number of allylic oxidation sites excluding steroid dienone is 2. The number of fused-ring (bicyclic) bond motifs is 2. The minimum Gasteiger partial charge on any atom is -0.386 e. The maximum absolute atomic E-state index is 11.5. The highest BCUT2D eigenvalue weighted by Gasteiger charge is 2.40. The molecule has 0 spiro atoms. The number of hydrogen-bond acceptors (Lipinski definition) is 2. The number of ketones is 1. The second-order valence-corrected chi connectivity index (χ2v) is 3.97. The molecule has 2 rings (SSSR count). The van der Waals surface area contributed by atoms with Crippen LogP contribution in [0.15, 0.2) is 12.2 Å². The van der Waals surface area contributed by atoms with Crippen molar-refractivity contribution in [2.45, 2.75) is 25.9 Å². The van der Waals surface area contributed by atoms with E-state index in [2.05, 4.69) is 12.2 Å². The van der Waals surface area contributed by atoms with E-state index in [0.717, 1.165) is 12.8 Å². The Morgan fingerprint density at radius 2 is 2.25 bits per heavy atom. The summed E-state index contributed by atoms with van der Waals surface area (Å²) in [6.45, 7) is 1.57. The van der Waals surface area contributed by atoms with Gasteiger partial charge in [-0.3, -0.25) is 4.79 Å². The van der Waals surface area contributed by atoms with Gasteiger partial charge in [0.2, 0.25) is 0 Å². The van der Waals surface area contributed by atoms with E-state index in [1.807, 2.05) is 0 Å². The van der Waals surface area contributed by atoms with E-state index in [-0.39, 0.29) is 11.7 Å². The molecule has 3 unspecified atom stereocenters. The van der Waals surface area contributed by atoms with E-state index in [0.29, 0.717) is 11.8 Å². The lowest BCUT2D eigenvalue weighted by Gasteiger charge is -2.17. The van der Waals surface area contributed by atoms with Gasteiger partial charge in [-0.2, -0.15) is 0 Å². The summed E-state index contributed by atoms with van der Waals surface area (Å²) >= 11 is 0. The molecule has 0 aliphatic heterocycles. The predicted octanol–water partition coefficient (Wildman–Crippen LogP) is 1.15. The normalized spacial score (nSPS) is 40.3. The average Bonchev–Trinajstić information content (AvgIpc) is 2.62. The largest absolute Gasteiger partial charge is 0.386 e. The molecule has 66 valence electrons. The van der Waals surface area contributed by atoms with E-state index in [1.54, 1.807) is 6.92 Å². The zero-order valence-corrected chi connectivity index (χ0v) is 7.23. The second kappa shape index (κ2) is 2.70. The molecule has 2 bridgehead atoms. The van der Waals surface area contributed by atoms with Crippen molar-refractivity contribution in [3.05, 3.63) is 12.2 Å². The highest BCUT2D eigenvalue weighted by molar-refractivity contribution is 5.85. The third-order valence-electron chi connectivity index (χ3n) is 3.06. The quantitative estimate of drug-likeness (QED) is 0.625. The number of hydrogen-bond donors (Lipinski definition) is 1. The minimum atomic E-state index is -0.775. The highest BCUT2D eigenvalue weighted by atomic mass is 16.3. The Morgan fingerprint density at radius 1 is 1.50 bits per heavy atom. The SMILES string of the molecule is C[C@H](O)C(=O)C1CC2C=CC1C2. The van der Waals surface area contributed by atoms with Crippen LogP contribution >= 0.6 is 0 Å². The number of rotatable bonds is 2. The van der Waals surface area contributed by atoms with Crippen LogP contribution in [0, 0.1) is 17.8 Å². The Bertz CT molecular complexity index is 230. The van der Waals surface area contributed by atoms with Gasteiger partial charge < -0.3 is 5.11 Å². The van der Waals surface area contributed by atoms with Crippen molar-refractivity contribution >= 4 is 5.78 Å². The molecule has 2 nitrogen and oxygen atoms in total. The van der Waals surface area contributed by atoms with E-state index in [4.69, 9.17) is 5.11 Å². The maximum atomic E-state index is 11.5. The zero-order chi connectivity index (χ0) is 8.72. The summed E-state index contributed by atoms with van der Waals surface area (Å²) in [6.07, 6.45) is 5.66. The van der Waals surface area contributed by atoms with Crippen LogP contribution in [-0.2, 0) is 4.79 Å². The molecular weight excluding hydrogens is 152 g/mol.